The zero-order valence-electron chi connectivity index (χ0n) is 16.3. The molecule has 28 heavy (non-hydrogen) atoms. The second kappa shape index (κ2) is 8.48. The number of hydrogen-bond acceptors (Lipinski definition) is 2. The van der Waals surface area contributed by atoms with Gasteiger partial charge in [-0.1, -0.05) is 56.7 Å². The molecule has 1 aliphatic heterocycles. The highest BCUT2D eigenvalue weighted by molar-refractivity contribution is 5.98. The number of hydrogen-bond donors (Lipinski definition) is 0. The maximum atomic E-state index is 12.9. The fraction of sp³-hybridized carbons (Fsp3) is 0.435. The molecule has 1 fully saturated rings. The van der Waals surface area contributed by atoms with Crippen molar-refractivity contribution in [2.75, 3.05) is 6.54 Å². The lowest BCUT2D eigenvalue weighted by Gasteiger charge is -2.36. The van der Waals surface area contributed by atoms with Crippen molar-refractivity contribution in [2.45, 2.75) is 51.9 Å². The van der Waals surface area contributed by atoms with Gasteiger partial charge in [-0.3, -0.25) is 9.69 Å². The van der Waals surface area contributed by atoms with E-state index in [1.165, 1.54) is 12.1 Å². The average Bonchev–Trinajstić information content (AvgIpc) is 2.68. The van der Waals surface area contributed by atoms with Crippen molar-refractivity contribution >= 4 is 5.78 Å². The number of likely N-dealkylation sites (tertiary alicyclic amines) is 1. The molecule has 2 nitrogen and oxygen atoms in total. The Bertz CT molecular complexity index is 811. The molecular weight excluding hydrogens is 363 g/mol. The first-order valence-electron chi connectivity index (χ1n) is 9.80. The van der Waals surface area contributed by atoms with Crippen molar-refractivity contribution in [3.63, 3.8) is 0 Å². The highest BCUT2D eigenvalue weighted by atomic mass is 19.4. The molecule has 2 aromatic carbocycles. The Hall–Kier alpha value is -2.14. The molecular formula is C23H26F3NO. The summed E-state index contributed by atoms with van der Waals surface area (Å²) in [4.78, 5) is 14.9. The summed E-state index contributed by atoms with van der Waals surface area (Å²) in [5.41, 5.74) is 2.01. The third-order valence-electron chi connectivity index (χ3n) is 5.42. The second-order valence-corrected chi connectivity index (χ2v) is 7.78. The Labute approximate surface area is 164 Å². The van der Waals surface area contributed by atoms with Crippen LogP contribution < -0.4 is 0 Å². The van der Waals surface area contributed by atoms with E-state index in [4.69, 9.17) is 0 Å². The van der Waals surface area contributed by atoms with Gasteiger partial charge in [0.2, 0.25) is 0 Å². The maximum absolute atomic E-state index is 12.9. The van der Waals surface area contributed by atoms with Crippen LogP contribution in [0.1, 0.15) is 66.2 Å². The van der Waals surface area contributed by atoms with Crippen LogP contribution in [0.5, 0.6) is 0 Å². The Kier molecular flexibility index (Phi) is 6.23. The van der Waals surface area contributed by atoms with Crippen LogP contribution in [-0.2, 0) is 12.7 Å². The minimum Gasteiger partial charge on any atom is -0.294 e. The molecule has 0 radical (unpaired) electrons. The molecule has 1 atom stereocenters. The lowest BCUT2D eigenvalue weighted by Crippen LogP contribution is -2.33. The SMILES string of the molecule is CC(C)C(=O)c1ccccc1CN1CCCCC1c1ccc(C(F)(F)F)cc1. The van der Waals surface area contributed by atoms with Gasteiger partial charge in [0.25, 0.3) is 0 Å². The summed E-state index contributed by atoms with van der Waals surface area (Å²) in [5.74, 6) is 0.0481. The van der Waals surface area contributed by atoms with Crippen LogP contribution in [0.2, 0.25) is 0 Å². The molecule has 0 amide bonds. The molecule has 1 heterocycles. The zero-order valence-corrected chi connectivity index (χ0v) is 16.3. The number of Topliss-reactive ketones (excluding diaryl/α,β-unsaturated/α-hetero) is 1. The molecule has 0 aromatic heterocycles. The summed E-state index contributed by atoms with van der Waals surface area (Å²) < 4.78 is 38.6. The monoisotopic (exact) mass is 389 g/mol. The Balaban J connectivity index is 1.84. The zero-order chi connectivity index (χ0) is 20.3. The predicted octanol–water partition coefficient (Wildman–Crippen LogP) is 6.27. The first-order chi connectivity index (χ1) is 13.3. The quantitative estimate of drug-likeness (QED) is 0.562. The van der Waals surface area contributed by atoms with Crippen molar-refractivity contribution in [1.29, 1.82) is 0 Å². The fourth-order valence-corrected chi connectivity index (χ4v) is 3.88. The van der Waals surface area contributed by atoms with Crippen molar-refractivity contribution in [1.82, 2.24) is 4.90 Å². The number of carbonyl (C=O) groups is 1. The van der Waals surface area contributed by atoms with Gasteiger partial charge in [0.1, 0.15) is 0 Å². The van der Waals surface area contributed by atoms with Gasteiger partial charge < -0.3 is 0 Å². The number of nitrogens with zero attached hydrogens (tertiary/aromatic N) is 1. The van der Waals surface area contributed by atoms with E-state index in [9.17, 15) is 18.0 Å². The number of alkyl halides is 3. The molecule has 3 rings (SSSR count). The van der Waals surface area contributed by atoms with Crippen LogP contribution in [0.15, 0.2) is 48.5 Å². The molecule has 150 valence electrons. The summed E-state index contributed by atoms with van der Waals surface area (Å²) >= 11 is 0. The van der Waals surface area contributed by atoms with Gasteiger partial charge in [0, 0.05) is 24.1 Å². The first-order valence-corrected chi connectivity index (χ1v) is 9.80. The largest absolute Gasteiger partial charge is 0.416 e. The van der Waals surface area contributed by atoms with E-state index in [0.29, 0.717) is 6.54 Å². The third-order valence-corrected chi connectivity index (χ3v) is 5.42. The Morgan fingerprint density at radius 2 is 1.75 bits per heavy atom. The van der Waals surface area contributed by atoms with E-state index in [2.05, 4.69) is 4.90 Å². The van der Waals surface area contributed by atoms with Gasteiger partial charge in [-0.05, 0) is 42.6 Å². The summed E-state index contributed by atoms with van der Waals surface area (Å²) in [6.07, 6.45) is -1.31. The topological polar surface area (TPSA) is 20.3 Å². The van der Waals surface area contributed by atoms with Gasteiger partial charge in [-0.15, -0.1) is 0 Å². The number of carbonyl (C=O) groups excluding carboxylic acids is 1. The van der Waals surface area contributed by atoms with Crippen LogP contribution in [0.4, 0.5) is 13.2 Å². The van der Waals surface area contributed by atoms with Crippen LogP contribution in [0.25, 0.3) is 0 Å². The standard InChI is InChI=1S/C23H26F3NO/c1-16(2)22(28)20-8-4-3-7-18(20)15-27-14-6-5-9-21(27)17-10-12-19(13-11-17)23(24,25)26/h3-4,7-8,10-13,16,21H,5-6,9,14-15H2,1-2H3. The van der Waals surface area contributed by atoms with E-state index in [-0.39, 0.29) is 17.7 Å². The number of benzene rings is 2. The number of halogens is 3. The highest BCUT2D eigenvalue weighted by Crippen LogP contribution is 2.35. The number of piperidine rings is 1. The number of ketones is 1. The molecule has 1 unspecified atom stereocenters. The molecule has 2 aromatic rings. The van der Waals surface area contributed by atoms with Crippen molar-refractivity contribution in [3.8, 4) is 0 Å². The van der Waals surface area contributed by atoms with E-state index in [0.717, 1.165) is 42.5 Å². The third kappa shape index (κ3) is 4.64. The minimum atomic E-state index is -4.32. The van der Waals surface area contributed by atoms with Gasteiger partial charge in [-0.2, -0.15) is 13.2 Å². The molecule has 0 bridgehead atoms. The van der Waals surface area contributed by atoms with Crippen molar-refractivity contribution in [2.24, 2.45) is 5.92 Å². The van der Waals surface area contributed by atoms with Gasteiger partial charge in [0.05, 0.1) is 5.56 Å². The van der Waals surface area contributed by atoms with E-state index in [1.807, 2.05) is 38.1 Å². The molecule has 0 saturated carbocycles. The van der Waals surface area contributed by atoms with Gasteiger partial charge in [0.15, 0.2) is 5.78 Å². The maximum Gasteiger partial charge on any atom is 0.416 e. The van der Waals surface area contributed by atoms with Crippen molar-refractivity contribution < 1.29 is 18.0 Å². The first kappa shape index (κ1) is 20.6. The summed E-state index contributed by atoms with van der Waals surface area (Å²) in [5, 5.41) is 0. The summed E-state index contributed by atoms with van der Waals surface area (Å²) in [7, 11) is 0. The van der Waals surface area contributed by atoms with Crippen LogP contribution in [0, 0.1) is 5.92 Å². The van der Waals surface area contributed by atoms with E-state index < -0.39 is 11.7 Å². The molecule has 0 aliphatic carbocycles. The lowest BCUT2D eigenvalue weighted by molar-refractivity contribution is -0.137. The lowest BCUT2D eigenvalue weighted by atomic mass is 9.92. The van der Waals surface area contributed by atoms with E-state index >= 15 is 0 Å². The minimum absolute atomic E-state index is 0.0678. The van der Waals surface area contributed by atoms with Crippen molar-refractivity contribution in [3.05, 3.63) is 70.8 Å². The summed E-state index contributed by atoms with van der Waals surface area (Å²) in [6.45, 7) is 5.28. The summed E-state index contributed by atoms with van der Waals surface area (Å²) in [6, 6.07) is 13.2. The van der Waals surface area contributed by atoms with Crippen LogP contribution in [0.3, 0.4) is 0 Å². The predicted molar refractivity (Wildman–Crippen MR) is 104 cm³/mol. The molecule has 1 saturated heterocycles. The van der Waals surface area contributed by atoms with Gasteiger partial charge >= 0.3 is 6.18 Å². The molecule has 1 aliphatic rings. The number of rotatable bonds is 5. The Morgan fingerprint density at radius 1 is 1.07 bits per heavy atom. The second-order valence-electron chi connectivity index (χ2n) is 7.78. The molecule has 0 spiro atoms. The van der Waals surface area contributed by atoms with E-state index in [1.54, 1.807) is 12.1 Å². The normalized spacial score (nSPS) is 18.4. The molecule has 0 N–H and O–H groups in total. The highest BCUT2D eigenvalue weighted by Gasteiger charge is 2.31. The smallest absolute Gasteiger partial charge is 0.294 e. The fourth-order valence-electron chi connectivity index (χ4n) is 3.88. The average molecular weight is 389 g/mol. The van der Waals surface area contributed by atoms with Crippen LogP contribution in [-0.4, -0.2) is 17.2 Å². The van der Waals surface area contributed by atoms with Gasteiger partial charge in [-0.25, -0.2) is 0 Å². The Morgan fingerprint density at radius 3 is 2.39 bits per heavy atom. The van der Waals surface area contributed by atoms with Crippen LogP contribution >= 0.6 is 0 Å². The molecule has 5 heteroatoms.